The van der Waals surface area contributed by atoms with Crippen molar-refractivity contribution >= 4 is 17.5 Å². The lowest BCUT2D eigenvalue weighted by molar-refractivity contribution is 0.0721. The topological polar surface area (TPSA) is 23.6 Å². The van der Waals surface area contributed by atoms with Crippen LogP contribution in [0.2, 0.25) is 5.02 Å². The first kappa shape index (κ1) is 16.7. The highest BCUT2D eigenvalue weighted by atomic mass is 35.5. The van der Waals surface area contributed by atoms with Gasteiger partial charge in [-0.05, 0) is 69.8 Å². The van der Waals surface area contributed by atoms with Gasteiger partial charge in [-0.15, -0.1) is 0 Å². The van der Waals surface area contributed by atoms with E-state index in [0.29, 0.717) is 22.9 Å². The molecular weight excluding hydrogens is 315 g/mol. The van der Waals surface area contributed by atoms with Crippen LogP contribution in [0.15, 0.2) is 18.2 Å². The van der Waals surface area contributed by atoms with Gasteiger partial charge in [-0.3, -0.25) is 4.79 Å². The smallest absolute Gasteiger partial charge is 0.256 e. The third kappa shape index (κ3) is 3.24. The molecule has 0 aromatic heterocycles. The number of halogens is 2. The van der Waals surface area contributed by atoms with Gasteiger partial charge in [0.1, 0.15) is 5.82 Å². The summed E-state index contributed by atoms with van der Waals surface area (Å²) < 4.78 is 13.9. The number of nitrogens with zero attached hydrogens (tertiary/aromatic N) is 2. The van der Waals surface area contributed by atoms with Gasteiger partial charge in [-0.1, -0.05) is 11.6 Å². The number of amides is 1. The highest BCUT2D eigenvalue weighted by Crippen LogP contribution is 2.46. The largest absolute Gasteiger partial charge is 0.339 e. The van der Waals surface area contributed by atoms with Gasteiger partial charge in [-0.25, -0.2) is 4.39 Å². The lowest BCUT2D eigenvalue weighted by Crippen LogP contribution is -2.37. The third-order valence-electron chi connectivity index (χ3n) is 5.72. The zero-order chi connectivity index (χ0) is 16.7. The van der Waals surface area contributed by atoms with E-state index >= 15 is 0 Å². The number of fused-ring (bicyclic) bond motifs is 1. The summed E-state index contributed by atoms with van der Waals surface area (Å²) in [4.78, 5) is 16.6. The molecular formula is C18H24ClFN2O. The molecule has 2 fully saturated rings. The van der Waals surface area contributed by atoms with Gasteiger partial charge in [0, 0.05) is 24.2 Å². The van der Waals surface area contributed by atoms with Gasteiger partial charge in [0.25, 0.3) is 5.91 Å². The average molecular weight is 339 g/mol. The molecule has 0 bridgehead atoms. The fraction of sp³-hybridized carbons (Fsp3) is 0.611. The van der Waals surface area contributed by atoms with Crippen molar-refractivity contribution < 1.29 is 9.18 Å². The minimum absolute atomic E-state index is 0.0724. The molecule has 2 saturated carbocycles. The molecule has 2 aliphatic carbocycles. The quantitative estimate of drug-likeness (QED) is 0.839. The summed E-state index contributed by atoms with van der Waals surface area (Å²) in [6.07, 6.45) is 4.47. The molecule has 3 rings (SSSR count). The van der Waals surface area contributed by atoms with Crippen LogP contribution in [0.1, 0.15) is 36.0 Å². The first-order chi connectivity index (χ1) is 10.9. The Kier molecular flexibility index (Phi) is 4.65. The van der Waals surface area contributed by atoms with Crippen LogP contribution in [-0.2, 0) is 0 Å². The van der Waals surface area contributed by atoms with Crippen molar-refractivity contribution in [2.24, 2.45) is 11.8 Å². The molecule has 3 nitrogen and oxygen atoms in total. The zero-order valence-electron chi connectivity index (χ0n) is 13.9. The summed E-state index contributed by atoms with van der Waals surface area (Å²) in [5, 5.41) is 0.389. The third-order valence-corrected chi connectivity index (χ3v) is 5.96. The van der Waals surface area contributed by atoms with Crippen molar-refractivity contribution in [2.45, 2.75) is 37.8 Å². The molecule has 1 aromatic rings. The van der Waals surface area contributed by atoms with Gasteiger partial charge in [0.05, 0.1) is 5.56 Å². The van der Waals surface area contributed by atoms with Crippen LogP contribution in [0.5, 0.6) is 0 Å². The van der Waals surface area contributed by atoms with Crippen molar-refractivity contribution in [3.8, 4) is 0 Å². The monoisotopic (exact) mass is 338 g/mol. The molecule has 23 heavy (non-hydrogen) atoms. The predicted molar refractivity (Wildman–Crippen MR) is 90.2 cm³/mol. The summed E-state index contributed by atoms with van der Waals surface area (Å²) >= 11 is 5.91. The first-order valence-corrected chi connectivity index (χ1v) is 8.63. The maximum atomic E-state index is 13.9. The number of rotatable bonds is 3. The highest BCUT2D eigenvalue weighted by molar-refractivity contribution is 6.31. The Morgan fingerprint density at radius 2 is 1.65 bits per heavy atom. The number of carbonyl (C=O) groups is 1. The van der Waals surface area contributed by atoms with E-state index in [4.69, 9.17) is 11.6 Å². The Morgan fingerprint density at radius 1 is 1.09 bits per heavy atom. The van der Waals surface area contributed by atoms with Crippen LogP contribution in [-0.4, -0.2) is 48.9 Å². The van der Waals surface area contributed by atoms with E-state index in [1.165, 1.54) is 31.0 Å². The normalized spacial score (nSPS) is 29.8. The van der Waals surface area contributed by atoms with Gasteiger partial charge < -0.3 is 9.80 Å². The summed E-state index contributed by atoms with van der Waals surface area (Å²) in [6, 6.07) is 5.02. The maximum absolute atomic E-state index is 13.9. The standard InChI is InChI=1S/C18H24ClFN2O/c1-21(2)14-6-11-8-15(9-12(11)7-14)22(3)18(23)16-10-13(19)4-5-17(16)20/h4-5,10-12,14-15H,6-9H2,1-3H3/t11-,12+,14?,15?. The minimum Gasteiger partial charge on any atom is -0.339 e. The van der Waals surface area contributed by atoms with Gasteiger partial charge >= 0.3 is 0 Å². The van der Waals surface area contributed by atoms with Gasteiger partial charge in [-0.2, -0.15) is 0 Å². The number of benzene rings is 1. The molecule has 4 atom stereocenters. The van der Waals surface area contributed by atoms with E-state index < -0.39 is 5.82 Å². The van der Waals surface area contributed by atoms with Crippen molar-refractivity contribution in [1.29, 1.82) is 0 Å². The number of carbonyl (C=O) groups excluding carboxylic acids is 1. The van der Waals surface area contributed by atoms with Crippen molar-refractivity contribution in [1.82, 2.24) is 9.80 Å². The SMILES string of the molecule is CN(C)C1C[C@@H]2CC(N(C)C(=O)c3cc(Cl)ccc3F)C[C@@H]2C1. The molecule has 0 heterocycles. The molecule has 0 saturated heterocycles. The Labute approximate surface area is 142 Å². The molecule has 126 valence electrons. The van der Waals surface area contributed by atoms with E-state index in [-0.39, 0.29) is 17.5 Å². The highest BCUT2D eigenvalue weighted by Gasteiger charge is 2.44. The predicted octanol–water partition coefficient (Wildman–Crippen LogP) is 3.67. The van der Waals surface area contributed by atoms with Crippen LogP contribution in [0.3, 0.4) is 0 Å². The van der Waals surface area contributed by atoms with Crippen LogP contribution in [0.25, 0.3) is 0 Å². The first-order valence-electron chi connectivity index (χ1n) is 8.25. The Morgan fingerprint density at radius 3 is 2.22 bits per heavy atom. The van der Waals surface area contributed by atoms with E-state index in [9.17, 15) is 9.18 Å². The fourth-order valence-electron chi connectivity index (χ4n) is 4.31. The van der Waals surface area contributed by atoms with Gasteiger partial charge in [0.15, 0.2) is 0 Å². The number of hydrogen-bond acceptors (Lipinski definition) is 2. The van der Waals surface area contributed by atoms with Crippen molar-refractivity contribution in [3.05, 3.63) is 34.6 Å². The molecule has 0 aliphatic heterocycles. The van der Waals surface area contributed by atoms with Crippen LogP contribution in [0.4, 0.5) is 4.39 Å². The summed E-state index contributed by atoms with van der Waals surface area (Å²) in [5.74, 6) is 0.606. The Hall–Kier alpha value is -1.13. The summed E-state index contributed by atoms with van der Waals surface area (Å²) in [7, 11) is 6.07. The summed E-state index contributed by atoms with van der Waals surface area (Å²) in [6.45, 7) is 0. The van der Waals surface area contributed by atoms with E-state index in [1.807, 2.05) is 0 Å². The molecule has 5 heteroatoms. The van der Waals surface area contributed by atoms with E-state index in [1.54, 1.807) is 11.9 Å². The zero-order valence-corrected chi connectivity index (χ0v) is 14.7. The second-order valence-corrected chi connectivity index (χ2v) is 7.71. The fourth-order valence-corrected chi connectivity index (χ4v) is 4.48. The maximum Gasteiger partial charge on any atom is 0.256 e. The van der Waals surface area contributed by atoms with E-state index in [2.05, 4.69) is 19.0 Å². The summed E-state index contributed by atoms with van der Waals surface area (Å²) in [5.41, 5.74) is 0.0724. The van der Waals surface area contributed by atoms with Crippen LogP contribution in [0, 0.1) is 17.7 Å². The Balaban J connectivity index is 1.67. The average Bonchev–Trinajstić information content (AvgIpc) is 3.06. The molecule has 0 spiro atoms. The van der Waals surface area contributed by atoms with E-state index in [0.717, 1.165) is 12.8 Å². The van der Waals surface area contributed by atoms with Crippen LogP contribution >= 0.6 is 11.6 Å². The number of hydrogen-bond donors (Lipinski definition) is 0. The molecule has 1 aromatic carbocycles. The van der Waals surface area contributed by atoms with Crippen molar-refractivity contribution in [2.75, 3.05) is 21.1 Å². The lowest BCUT2D eigenvalue weighted by atomic mass is 10.0. The van der Waals surface area contributed by atoms with Crippen molar-refractivity contribution in [3.63, 3.8) is 0 Å². The lowest BCUT2D eigenvalue weighted by Gasteiger charge is -2.27. The van der Waals surface area contributed by atoms with Gasteiger partial charge in [0.2, 0.25) is 0 Å². The molecule has 2 unspecified atom stereocenters. The molecule has 0 N–H and O–H groups in total. The molecule has 0 radical (unpaired) electrons. The Bertz CT molecular complexity index is 593. The minimum atomic E-state index is -0.503. The van der Waals surface area contributed by atoms with Crippen LogP contribution < -0.4 is 0 Å². The second-order valence-electron chi connectivity index (χ2n) is 7.27. The molecule has 1 amide bonds. The molecule has 2 aliphatic rings. The second kappa shape index (κ2) is 6.40.